The third-order valence-corrected chi connectivity index (χ3v) is 1.16. The Balaban J connectivity index is 3.59. The van der Waals surface area contributed by atoms with Crippen molar-refractivity contribution in [1.82, 2.24) is 5.48 Å². The van der Waals surface area contributed by atoms with E-state index in [0.717, 1.165) is 0 Å². The second-order valence-electron chi connectivity index (χ2n) is 3.84. The summed E-state index contributed by atoms with van der Waals surface area (Å²) in [6, 6.07) is 0. The molecule has 4 nitrogen and oxygen atoms in total. The molecule has 2 N–H and O–H groups in total. The van der Waals surface area contributed by atoms with Gasteiger partial charge in [-0.2, -0.15) is 5.48 Å². The highest BCUT2D eigenvalue weighted by Gasteiger charge is 2.23. The van der Waals surface area contributed by atoms with E-state index in [0.29, 0.717) is 0 Å². The van der Waals surface area contributed by atoms with Gasteiger partial charge in [0.25, 0.3) is 0 Å². The predicted molar refractivity (Wildman–Crippen MR) is 45.2 cm³/mol. The third kappa shape index (κ3) is 5.09. The molecule has 72 valence electrons. The Hall–Kier alpha value is -0.610. The van der Waals surface area contributed by atoms with E-state index in [4.69, 9.17) is 5.11 Å². The number of aliphatic hydroxyl groups is 1. The molecule has 0 aromatic heterocycles. The molecular formula is C8H17NO3. The van der Waals surface area contributed by atoms with Gasteiger partial charge in [0.1, 0.15) is 0 Å². The number of hydrogen-bond acceptors (Lipinski definition) is 4. The molecule has 0 saturated heterocycles. The molecule has 0 radical (unpaired) electrons. The Morgan fingerprint density at radius 1 is 1.58 bits per heavy atom. The maximum Gasteiger partial charge on any atom is 0.329 e. The molecule has 4 heteroatoms. The lowest BCUT2D eigenvalue weighted by Crippen LogP contribution is -2.33. The molecule has 0 aromatic rings. The van der Waals surface area contributed by atoms with Gasteiger partial charge in [-0.25, -0.2) is 4.79 Å². The van der Waals surface area contributed by atoms with Crippen LogP contribution < -0.4 is 5.48 Å². The molecule has 0 heterocycles. The van der Waals surface area contributed by atoms with Crippen molar-refractivity contribution in [1.29, 1.82) is 0 Å². The molecule has 0 bridgehead atoms. The summed E-state index contributed by atoms with van der Waals surface area (Å²) in [5.74, 6) is -0.330. The number of aliphatic hydroxyl groups excluding tert-OH is 1. The Morgan fingerprint density at radius 2 is 2.08 bits per heavy atom. The molecular weight excluding hydrogens is 158 g/mol. The van der Waals surface area contributed by atoms with Gasteiger partial charge in [-0.05, 0) is 27.7 Å². The van der Waals surface area contributed by atoms with Crippen LogP contribution in [0.15, 0.2) is 0 Å². The molecule has 1 atom stereocenters. The first-order chi connectivity index (χ1) is 5.34. The van der Waals surface area contributed by atoms with Gasteiger partial charge in [-0.15, -0.1) is 0 Å². The monoisotopic (exact) mass is 175 g/mol. The largest absolute Gasteiger partial charge is 0.392 e. The summed E-state index contributed by atoms with van der Waals surface area (Å²) < 4.78 is 0. The summed E-state index contributed by atoms with van der Waals surface area (Å²) in [6.07, 6.45) is -0.516. The topological polar surface area (TPSA) is 58.6 Å². The average molecular weight is 175 g/mol. The van der Waals surface area contributed by atoms with Crippen LogP contribution in [0.3, 0.4) is 0 Å². The van der Waals surface area contributed by atoms with Crippen LogP contribution in [0.2, 0.25) is 0 Å². The van der Waals surface area contributed by atoms with Gasteiger partial charge in [0.15, 0.2) is 0 Å². The van der Waals surface area contributed by atoms with E-state index in [1.165, 1.54) is 0 Å². The Morgan fingerprint density at radius 3 is 2.42 bits per heavy atom. The van der Waals surface area contributed by atoms with Crippen LogP contribution in [0, 0.1) is 5.41 Å². The van der Waals surface area contributed by atoms with Crippen molar-refractivity contribution >= 4 is 5.97 Å². The highest BCUT2D eigenvalue weighted by molar-refractivity contribution is 5.75. The van der Waals surface area contributed by atoms with Crippen LogP contribution in [-0.4, -0.2) is 23.7 Å². The van der Waals surface area contributed by atoms with Gasteiger partial charge in [-0.1, -0.05) is 0 Å². The smallest absolute Gasteiger partial charge is 0.329 e. The van der Waals surface area contributed by atoms with E-state index in [-0.39, 0.29) is 12.5 Å². The standard InChI is InChI=1S/C8H17NO3/c1-6(10)5-9-12-7(11)8(2,3)4/h6,9-10H,5H2,1-4H3. The Bertz CT molecular complexity index is 149. The Labute approximate surface area is 72.9 Å². The second kappa shape index (κ2) is 4.42. The molecule has 1 unspecified atom stereocenters. The van der Waals surface area contributed by atoms with Gasteiger partial charge < -0.3 is 9.94 Å². The first-order valence-electron chi connectivity index (χ1n) is 3.96. The number of carbonyl (C=O) groups excluding carboxylic acids is 1. The molecule has 12 heavy (non-hydrogen) atoms. The molecule has 0 aliphatic carbocycles. The lowest BCUT2D eigenvalue weighted by atomic mass is 9.98. The number of hydroxylamine groups is 1. The summed E-state index contributed by atoms with van der Waals surface area (Å²) in [4.78, 5) is 15.7. The van der Waals surface area contributed by atoms with E-state index >= 15 is 0 Å². The van der Waals surface area contributed by atoms with Crippen molar-refractivity contribution in [3.05, 3.63) is 0 Å². The van der Waals surface area contributed by atoms with Crippen LogP contribution in [0.4, 0.5) is 0 Å². The highest BCUT2D eigenvalue weighted by atomic mass is 16.7. The zero-order chi connectivity index (χ0) is 9.78. The third-order valence-electron chi connectivity index (χ3n) is 1.16. The summed E-state index contributed by atoms with van der Waals surface area (Å²) in [5, 5.41) is 8.81. The number of carbonyl (C=O) groups is 1. The number of hydrogen-bond donors (Lipinski definition) is 2. The van der Waals surface area contributed by atoms with Crippen molar-refractivity contribution in [2.45, 2.75) is 33.8 Å². The normalized spacial score (nSPS) is 14.1. The summed E-state index contributed by atoms with van der Waals surface area (Å²) in [7, 11) is 0. The fourth-order valence-electron chi connectivity index (χ4n) is 0.381. The fraction of sp³-hybridized carbons (Fsp3) is 0.875. The van der Waals surface area contributed by atoms with Crippen LogP contribution in [0.5, 0.6) is 0 Å². The van der Waals surface area contributed by atoms with E-state index < -0.39 is 11.5 Å². The first kappa shape index (κ1) is 11.4. The Kier molecular flexibility index (Phi) is 4.20. The summed E-state index contributed by atoms with van der Waals surface area (Å²) in [5.41, 5.74) is 1.88. The molecule has 0 aromatic carbocycles. The van der Waals surface area contributed by atoms with Crippen molar-refractivity contribution in [3.8, 4) is 0 Å². The lowest BCUT2D eigenvalue weighted by molar-refractivity contribution is -0.161. The van der Waals surface area contributed by atoms with Crippen molar-refractivity contribution < 1.29 is 14.7 Å². The predicted octanol–water partition coefficient (Wildman–Crippen LogP) is 0.461. The quantitative estimate of drug-likeness (QED) is 0.612. The molecule has 0 spiro atoms. The van der Waals surface area contributed by atoms with Crippen molar-refractivity contribution in [3.63, 3.8) is 0 Å². The van der Waals surface area contributed by atoms with Crippen LogP contribution >= 0.6 is 0 Å². The first-order valence-corrected chi connectivity index (χ1v) is 3.96. The average Bonchev–Trinajstić information content (AvgIpc) is 1.84. The van der Waals surface area contributed by atoms with Crippen LogP contribution in [-0.2, 0) is 9.63 Å². The SMILES string of the molecule is CC(O)CNOC(=O)C(C)(C)C. The lowest BCUT2D eigenvalue weighted by Gasteiger charge is -2.16. The van der Waals surface area contributed by atoms with Gasteiger partial charge in [0.05, 0.1) is 18.1 Å². The maximum atomic E-state index is 11.1. The highest BCUT2D eigenvalue weighted by Crippen LogP contribution is 2.13. The summed E-state index contributed by atoms with van der Waals surface area (Å²) >= 11 is 0. The number of nitrogens with one attached hydrogen (secondary N) is 1. The van der Waals surface area contributed by atoms with Crippen molar-refractivity contribution in [2.24, 2.45) is 5.41 Å². The van der Waals surface area contributed by atoms with E-state index in [1.807, 2.05) is 0 Å². The zero-order valence-corrected chi connectivity index (χ0v) is 8.05. The molecule has 0 rings (SSSR count). The minimum atomic E-state index is -0.516. The minimum Gasteiger partial charge on any atom is -0.392 e. The summed E-state index contributed by atoms with van der Waals surface area (Å²) in [6.45, 7) is 7.15. The van der Waals surface area contributed by atoms with E-state index in [1.54, 1.807) is 27.7 Å². The zero-order valence-electron chi connectivity index (χ0n) is 8.05. The van der Waals surface area contributed by atoms with Crippen molar-refractivity contribution in [2.75, 3.05) is 6.54 Å². The van der Waals surface area contributed by atoms with Gasteiger partial charge in [0, 0.05) is 0 Å². The van der Waals surface area contributed by atoms with E-state index in [9.17, 15) is 4.79 Å². The molecule has 0 aliphatic rings. The maximum absolute atomic E-state index is 11.1. The molecule has 0 amide bonds. The fourth-order valence-corrected chi connectivity index (χ4v) is 0.381. The number of rotatable bonds is 3. The van der Waals surface area contributed by atoms with Gasteiger partial charge in [-0.3, -0.25) is 0 Å². The molecule has 0 saturated carbocycles. The van der Waals surface area contributed by atoms with Gasteiger partial charge >= 0.3 is 5.97 Å². The minimum absolute atomic E-state index is 0.252. The molecule has 0 fully saturated rings. The molecule has 0 aliphatic heterocycles. The second-order valence-corrected chi connectivity index (χ2v) is 3.84. The van der Waals surface area contributed by atoms with E-state index in [2.05, 4.69) is 10.3 Å². The van der Waals surface area contributed by atoms with Crippen LogP contribution in [0.1, 0.15) is 27.7 Å². The van der Waals surface area contributed by atoms with Gasteiger partial charge in [0.2, 0.25) is 0 Å². The van der Waals surface area contributed by atoms with Crippen LogP contribution in [0.25, 0.3) is 0 Å².